The summed E-state index contributed by atoms with van der Waals surface area (Å²) in [5, 5.41) is 2.40. The monoisotopic (exact) mass is 224 g/mol. The van der Waals surface area contributed by atoms with Crippen molar-refractivity contribution in [2.75, 3.05) is 6.61 Å². The van der Waals surface area contributed by atoms with E-state index in [1.54, 1.807) is 11.8 Å². The van der Waals surface area contributed by atoms with Crippen LogP contribution in [0.3, 0.4) is 0 Å². The van der Waals surface area contributed by atoms with Crippen LogP contribution < -0.4 is 0 Å². The van der Waals surface area contributed by atoms with Crippen LogP contribution in [0.5, 0.6) is 0 Å². The average Bonchev–Trinajstić information content (AvgIpc) is 1.89. The summed E-state index contributed by atoms with van der Waals surface area (Å²) in [7, 11) is 0. The lowest BCUT2D eigenvalue weighted by atomic mass is 10.5. The number of thioether (sulfide) groups is 1. The summed E-state index contributed by atoms with van der Waals surface area (Å²) in [4.78, 5) is 0. The molecule has 10 heavy (non-hydrogen) atoms. The lowest BCUT2D eigenvalue weighted by molar-refractivity contribution is 0.131. The van der Waals surface area contributed by atoms with Gasteiger partial charge in [0.2, 0.25) is 0 Å². The minimum absolute atomic E-state index is 0.139. The maximum atomic E-state index is 5.30. The first kappa shape index (κ1) is 10.5. The predicted molar refractivity (Wildman–Crippen MR) is 51.6 cm³/mol. The molecule has 2 unspecified atom stereocenters. The van der Waals surface area contributed by atoms with Gasteiger partial charge < -0.3 is 4.74 Å². The third-order valence-corrected chi connectivity index (χ3v) is 3.28. The first-order valence-electron chi connectivity index (χ1n) is 3.24. The Morgan fingerprint density at radius 1 is 1.80 bits per heavy atom. The standard InChI is InChI=1S/C7H13BrOS/c1-4-9-7(8)6(3)10-5-2/h5-7H,2,4H2,1,3H3. The van der Waals surface area contributed by atoms with E-state index in [4.69, 9.17) is 4.74 Å². The van der Waals surface area contributed by atoms with E-state index >= 15 is 0 Å². The Hall–Kier alpha value is 0.530. The molecule has 0 aliphatic carbocycles. The van der Waals surface area contributed by atoms with Crippen molar-refractivity contribution in [1.29, 1.82) is 0 Å². The number of hydrogen-bond acceptors (Lipinski definition) is 2. The van der Waals surface area contributed by atoms with Gasteiger partial charge in [0.05, 0.1) is 0 Å². The Morgan fingerprint density at radius 2 is 2.40 bits per heavy atom. The number of ether oxygens (including phenoxy) is 1. The molecule has 0 amide bonds. The molecule has 0 saturated heterocycles. The van der Waals surface area contributed by atoms with Crippen molar-refractivity contribution in [3.8, 4) is 0 Å². The summed E-state index contributed by atoms with van der Waals surface area (Å²) >= 11 is 5.08. The van der Waals surface area contributed by atoms with Crippen LogP contribution in [-0.4, -0.2) is 16.9 Å². The number of halogens is 1. The van der Waals surface area contributed by atoms with Crippen LogP contribution in [0, 0.1) is 0 Å². The zero-order valence-electron chi connectivity index (χ0n) is 6.34. The van der Waals surface area contributed by atoms with Gasteiger partial charge in [0.15, 0.2) is 0 Å². The van der Waals surface area contributed by atoms with Gasteiger partial charge in [-0.05, 0) is 19.3 Å². The minimum Gasteiger partial charge on any atom is -0.366 e. The van der Waals surface area contributed by atoms with E-state index in [0.29, 0.717) is 5.25 Å². The molecule has 0 bridgehead atoms. The summed E-state index contributed by atoms with van der Waals surface area (Å²) in [5.41, 5.74) is 0. The van der Waals surface area contributed by atoms with E-state index in [1.165, 1.54) is 0 Å². The fourth-order valence-electron chi connectivity index (χ4n) is 0.508. The van der Waals surface area contributed by atoms with Crippen LogP contribution in [-0.2, 0) is 4.74 Å². The molecule has 0 radical (unpaired) electrons. The highest BCUT2D eigenvalue weighted by Gasteiger charge is 2.11. The fraction of sp³-hybridized carbons (Fsp3) is 0.714. The van der Waals surface area contributed by atoms with Crippen molar-refractivity contribution >= 4 is 27.7 Å². The molecule has 0 aliphatic heterocycles. The van der Waals surface area contributed by atoms with Crippen LogP contribution in [0.2, 0.25) is 0 Å². The van der Waals surface area contributed by atoms with E-state index < -0.39 is 0 Å². The fourth-order valence-corrected chi connectivity index (χ4v) is 1.65. The Bertz CT molecular complexity index is 97.6. The van der Waals surface area contributed by atoms with Crippen LogP contribution in [0.1, 0.15) is 13.8 Å². The molecular weight excluding hydrogens is 212 g/mol. The van der Waals surface area contributed by atoms with Gasteiger partial charge in [-0.1, -0.05) is 22.5 Å². The first-order chi connectivity index (χ1) is 4.72. The van der Waals surface area contributed by atoms with Gasteiger partial charge in [0.1, 0.15) is 5.01 Å². The summed E-state index contributed by atoms with van der Waals surface area (Å²) < 4.78 is 5.30. The summed E-state index contributed by atoms with van der Waals surface area (Å²) in [6.07, 6.45) is 0. The van der Waals surface area contributed by atoms with Gasteiger partial charge in [0, 0.05) is 11.9 Å². The van der Waals surface area contributed by atoms with Crippen LogP contribution in [0.15, 0.2) is 12.0 Å². The third-order valence-electron chi connectivity index (χ3n) is 1.01. The van der Waals surface area contributed by atoms with Gasteiger partial charge in [0.25, 0.3) is 0 Å². The van der Waals surface area contributed by atoms with Gasteiger partial charge in [-0.25, -0.2) is 0 Å². The topological polar surface area (TPSA) is 9.23 Å². The SMILES string of the molecule is C=CSC(C)C(Br)OCC. The van der Waals surface area contributed by atoms with Crippen molar-refractivity contribution in [3.05, 3.63) is 12.0 Å². The van der Waals surface area contributed by atoms with Crippen LogP contribution in [0.25, 0.3) is 0 Å². The molecule has 0 N–H and O–H groups in total. The summed E-state index contributed by atoms with van der Waals surface area (Å²) in [5.74, 6) is 0. The predicted octanol–water partition coefficient (Wildman–Crippen LogP) is 3.01. The zero-order chi connectivity index (χ0) is 7.98. The van der Waals surface area contributed by atoms with Gasteiger partial charge in [-0.15, -0.1) is 11.8 Å². The summed E-state index contributed by atoms with van der Waals surface area (Å²) in [6.45, 7) is 8.46. The van der Waals surface area contributed by atoms with Gasteiger partial charge in [-0.3, -0.25) is 0 Å². The highest BCUT2D eigenvalue weighted by atomic mass is 79.9. The van der Waals surface area contributed by atoms with E-state index in [0.717, 1.165) is 6.61 Å². The highest BCUT2D eigenvalue weighted by molar-refractivity contribution is 9.09. The second kappa shape index (κ2) is 6.25. The van der Waals surface area contributed by atoms with E-state index in [1.807, 2.05) is 12.3 Å². The molecule has 0 fully saturated rings. The largest absolute Gasteiger partial charge is 0.366 e. The zero-order valence-corrected chi connectivity index (χ0v) is 8.74. The minimum atomic E-state index is 0.139. The van der Waals surface area contributed by atoms with E-state index in [2.05, 4.69) is 29.4 Å². The van der Waals surface area contributed by atoms with Crippen molar-refractivity contribution in [2.45, 2.75) is 24.1 Å². The van der Waals surface area contributed by atoms with Gasteiger partial charge >= 0.3 is 0 Å². The Morgan fingerprint density at radius 3 is 2.80 bits per heavy atom. The molecule has 1 nitrogen and oxygen atoms in total. The molecule has 0 aromatic rings. The Balaban J connectivity index is 3.47. The van der Waals surface area contributed by atoms with Crippen molar-refractivity contribution < 1.29 is 4.74 Å². The first-order valence-corrected chi connectivity index (χ1v) is 5.10. The molecule has 0 aromatic carbocycles. The molecule has 0 rings (SSSR count). The second-order valence-corrected chi connectivity index (χ2v) is 4.07. The van der Waals surface area contributed by atoms with E-state index in [9.17, 15) is 0 Å². The van der Waals surface area contributed by atoms with Crippen LogP contribution in [0.4, 0.5) is 0 Å². The quantitative estimate of drug-likeness (QED) is 0.665. The molecule has 3 heteroatoms. The van der Waals surface area contributed by atoms with Crippen LogP contribution >= 0.6 is 27.7 Å². The van der Waals surface area contributed by atoms with E-state index in [-0.39, 0.29) is 5.01 Å². The maximum absolute atomic E-state index is 5.30. The second-order valence-electron chi connectivity index (χ2n) is 1.81. The number of rotatable bonds is 5. The summed E-state index contributed by atoms with van der Waals surface area (Å²) in [6, 6.07) is 0. The van der Waals surface area contributed by atoms with Gasteiger partial charge in [-0.2, -0.15) is 0 Å². The normalized spacial score (nSPS) is 16.3. The third kappa shape index (κ3) is 4.36. The van der Waals surface area contributed by atoms with Crippen molar-refractivity contribution in [2.24, 2.45) is 0 Å². The Labute approximate surface area is 75.3 Å². The molecule has 0 spiro atoms. The Kier molecular flexibility index (Phi) is 6.59. The molecule has 0 saturated carbocycles. The number of hydrogen-bond donors (Lipinski definition) is 0. The molecular formula is C7H13BrOS. The van der Waals surface area contributed by atoms with Crippen molar-refractivity contribution in [3.63, 3.8) is 0 Å². The molecule has 0 heterocycles. The smallest absolute Gasteiger partial charge is 0.124 e. The molecule has 0 aliphatic rings. The lowest BCUT2D eigenvalue weighted by Gasteiger charge is -2.15. The molecule has 60 valence electrons. The molecule has 2 atom stereocenters. The maximum Gasteiger partial charge on any atom is 0.124 e. The van der Waals surface area contributed by atoms with Crippen molar-refractivity contribution in [1.82, 2.24) is 0 Å². The number of alkyl halides is 1. The average molecular weight is 225 g/mol. The molecule has 0 aromatic heterocycles. The highest BCUT2D eigenvalue weighted by Crippen LogP contribution is 2.20. The lowest BCUT2D eigenvalue weighted by Crippen LogP contribution is -2.16.